The highest BCUT2D eigenvalue weighted by molar-refractivity contribution is 6.27. The highest BCUT2D eigenvalue weighted by Gasteiger charge is 2.21. The molecule has 10 rings (SSSR count). The van der Waals surface area contributed by atoms with Gasteiger partial charge in [0.25, 0.3) is 0 Å². The summed E-state index contributed by atoms with van der Waals surface area (Å²) in [4.78, 5) is 0. The second-order valence-corrected chi connectivity index (χ2v) is 12.0. The van der Waals surface area contributed by atoms with Crippen LogP contribution in [0.4, 0.5) is 0 Å². The Hall–Kier alpha value is -6.12. The maximum Gasteiger partial charge on any atom is 0.139 e. The van der Waals surface area contributed by atoms with Gasteiger partial charge in [0.2, 0.25) is 0 Å². The van der Waals surface area contributed by atoms with E-state index in [0.29, 0.717) is 0 Å². The van der Waals surface area contributed by atoms with E-state index in [4.69, 9.17) is 8.83 Å². The molecule has 0 saturated carbocycles. The van der Waals surface area contributed by atoms with Crippen molar-refractivity contribution in [1.82, 2.24) is 0 Å². The molecule has 2 aromatic heterocycles. The van der Waals surface area contributed by atoms with Crippen molar-refractivity contribution in [2.24, 2.45) is 0 Å². The SMILES string of the molecule is c1ccc(-c2cc3cc4c(cc3o2)oc2cccc(-c3c5ccccc5c(-c5cccc6ccccc56)c5ccccc35)c24)cc1. The van der Waals surface area contributed by atoms with Crippen molar-refractivity contribution in [1.29, 1.82) is 0 Å². The van der Waals surface area contributed by atoms with E-state index in [1.807, 2.05) is 24.3 Å². The molecule has 0 aliphatic heterocycles. The summed E-state index contributed by atoms with van der Waals surface area (Å²) in [7, 11) is 0. The van der Waals surface area contributed by atoms with Gasteiger partial charge in [0.15, 0.2) is 0 Å². The molecule has 8 aromatic carbocycles. The minimum Gasteiger partial charge on any atom is -0.456 e. The molecular formula is C44H26O2. The zero-order chi connectivity index (χ0) is 30.2. The summed E-state index contributed by atoms with van der Waals surface area (Å²) in [5, 5.41) is 10.7. The van der Waals surface area contributed by atoms with E-state index < -0.39 is 0 Å². The van der Waals surface area contributed by atoms with Crippen LogP contribution in [0.5, 0.6) is 0 Å². The quantitative estimate of drug-likeness (QED) is 0.193. The van der Waals surface area contributed by atoms with E-state index in [1.54, 1.807) is 0 Å². The Balaban J connectivity index is 1.30. The first-order valence-corrected chi connectivity index (χ1v) is 15.7. The number of rotatable bonds is 3. The maximum atomic E-state index is 6.54. The average molecular weight is 587 g/mol. The van der Waals surface area contributed by atoms with E-state index >= 15 is 0 Å². The molecule has 0 bridgehead atoms. The molecule has 0 spiro atoms. The van der Waals surface area contributed by atoms with Gasteiger partial charge in [-0.05, 0) is 72.8 Å². The first-order chi connectivity index (χ1) is 22.8. The molecule has 2 nitrogen and oxygen atoms in total. The van der Waals surface area contributed by atoms with Gasteiger partial charge in [0.1, 0.15) is 22.5 Å². The topological polar surface area (TPSA) is 26.3 Å². The molecule has 0 aliphatic rings. The van der Waals surface area contributed by atoms with Gasteiger partial charge in [-0.15, -0.1) is 0 Å². The number of hydrogen-bond donors (Lipinski definition) is 0. The van der Waals surface area contributed by atoms with Gasteiger partial charge in [0, 0.05) is 27.8 Å². The summed E-state index contributed by atoms with van der Waals surface area (Å²) < 4.78 is 12.9. The zero-order valence-electron chi connectivity index (χ0n) is 24.8. The van der Waals surface area contributed by atoms with Crippen molar-refractivity contribution in [2.75, 3.05) is 0 Å². The maximum absolute atomic E-state index is 6.54. The zero-order valence-corrected chi connectivity index (χ0v) is 24.8. The van der Waals surface area contributed by atoms with Crippen LogP contribution in [0.1, 0.15) is 0 Å². The van der Waals surface area contributed by atoms with Crippen LogP contribution in [-0.2, 0) is 0 Å². The Labute approximate surface area is 264 Å². The second-order valence-electron chi connectivity index (χ2n) is 12.0. The van der Waals surface area contributed by atoms with E-state index in [0.717, 1.165) is 44.2 Å². The highest BCUT2D eigenvalue weighted by atomic mass is 16.3. The molecule has 0 radical (unpaired) electrons. The second kappa shape index (κ2) is 9.69. The molecule has 2 heterocycles. The molecule has 10 aromatic rings. The van der Waals surface area contributed by atoms with E-state index in [9.17, 15) is 0 Å². The van der Waals surface area contributed by atoms with Crippen LogP contribution in [0.15, 0.2) is 167 Å². The summed E-state index contributed by atoms with van der Waals surface area (Å²) in [5.41, 5.74) is 8.48. The Morgan fingerprint density at radius 3 is 1.65 bits per heavy atom. The lowest BCUT2D eigenvalue weighted by Crippen LogP contribution is -1.92. The minimum atomic E-state index is 0.822. The number of furan rings is 2. The normalized spacial score (nSPS) is 11.9. The van der Waals surface area contributed by atoms with Gasteiger partial charge < -0.3 is 8.83 Å². The summed E-state index contributed by atoms with van der Waals surface area (Å²) in [6.07, 6.45) is 0. The fraction of sp³-hybridized carbons (Fsp3) is 0. The van der Waals surface area contributed by atoms with Crippen LogP contribution in [-0.4, -0.2) is 0 Å². The molecule has 0 unspecified atom stereocenters. The highest BCUT2D eigenvalue weighted by Crippen LogP contribution is 2.48. The Morgan fingerprint density at radius 2 is 0.913 bits per heavy atom. The molecule has 0 aliphatic carbocycles. The third-order valence-electron chi connectivity index (χ3n) is 9.45. The largest absolute Gasteiger partial charge is 0.456 e. The van der Waals surface area contributed by atoms with Crippen LogP contribution >= 0.6 is 0 Å². The van der Waals surface area contributed by atoms with Gasteiger partial charge in [0.05, 0.1) is 0 Å². The van der Waals surface area contributed by atoms with Crippen LogP contribution < -0.4 is 0 Å². The molecule has 0 atom stereocenters. The van der Waals surface area contributed by atoms with Crippen LogP contribution in [0.25, 0.3) is 98.8 Å². The van der Waals surface area contributed by atoms with Gasteiger partial charge in [-0.3, -0.25) is 0 Å². The van der Waals surface area contributed by atoms with Crippen LogP contribution in [0.2, 0.25) is 0 Å². The average Bonchev–Trinajstić information content (AvgIpc) is 3.70. The number of fused-ring (bicyclic) bond motifs is 7. The molecule has 214 valence electrons. The smallest absolute Gasteiger partial charge is 0.139 e. The van der Waals surface area contributed by atoms with E-state index in [-0.39, 0.29) is 0 Å². The molecule has 0 fully saturated rings. The van der Waals surface area contributed by atoms with Crippen molar-refractivity contribution in [3.63, 3.8) is 0 Å². The van der Waals surface area contributed by atoms with Crippen LogP contribution in [0.3, 0.4) is 0 Å². The van der Waals surface area contributed by atoms with Gasteiger partial charge in [-0.25, -0.2) is 0 Å². The van der Waals surface area contributed by atoms with E-state index in [1.165, 1.54) is 54.6 Å². The fourth-order valence-corrected chi connectivity index (χ4v) is 7.47. The Kier molecular flexibility index (Phi) is 5.31. The Bertz CT molecular complexity index is 2740. The van der Waals surface area contributed by atoms with Crippen molar-refractivity contribution in [3.8, 4) is 33.6 Å². The molecule has 46 heavy (non-hydrogen) atoms. The van der Waals surface area contributed by atoms with Gasteiger partial charge in [-0.1, -0.05) is 133 Å². The monoisotopic (exact) mass is 586 g/mol. The third kappa shape index (κ3) is 3.65. The molecule has 0 amide bonds. The minimum absolute atomic E-state index is 0.822. The molecule has 0 saturated heterocycles. The van der Waals surface area contributed by atoms with Gasteiger partial charge in [-0.2, -0.15) is 0 Å². The lowest BCUT2D eigenvalue weighted by Gasteiger charge is -2.19. The number of benzene rings is 8. The molecule has 2 heteroatoms. The summed E-state index contributed by atoms with van der Waals surface area (Å²) in [6.45, 7) is 0. The summed E-state index contributed by atoms with van der Waals surface area (Å²) in [6, 6.07) is 56.1. The molecule has 0 N–H and O–H groups in total. The van der Waals surface area contributed by atoms with E-state index in [2.05, 4.69) is 133 Å². The first kappa shape index (κ1) is 25.2. The summed E-state index contributed by atoms with van der Waals surface area (Å²) in [5.74, 6) is 0.855. The standard InChI is InChI=1S/C44H26O2/c1-2-13-28(14-3-1)39-25-29-24-37-41(26-40(29)46-39)45-38-23-11-22-36(44(37)38)43-34-19-8-6-17-32(34)42(33-18-7-9-20-35(33)43)31-21-10-15-27-12-4-5-16-30(27)31/h1-26H. The Morgan fingerprint density at radius 1 is 0.326 bits per heavy atom. The van der Waals surface area contributed by atoms with Crippen molar-refractivity contribution in [3.05, 3.63) is 158 Å². The lowest BCUT2D eigenvalue weighted by molar-refractivity contribution is 0.628. The van der Waals surface area contributed by atoms with Crippen LogP contribution in [0, 0.1) is 0 Å². The number of hydrogen-bond acceptors (Lipinski definition) is 2. The van der Waals surface area contributed by atoms with Crippen molar-refractivity contribution >= 4 is 65.2 Å². The molecular weight excluding hydrogens is 560 g/mol. The van der Waals surface area contributed by atoms with Gasteiger partial charge >= 0.3 is 0 Å². The first-order valence-electron chi connectivity index (χ1n) is 15.7. The van der Waals surface area contributed by atoms with Crippen molar-refractivity contribution in [2.45, 2.75) is 0 Å². The lowest BCUT2D eigenvalue weighted by atomic mass is 9.84. The van der Waals surface area contributed by atoms with Crippen molar-refractivity contribution < 1.29 is 8.83 Å². The predicted molar refractivity (Wildman–Crippen MR) is 192 cm³/mol. The summed E-state index contributed by atoms with van der Waals surface area (Å²) >= 11 is 0. The third-order valence-corrected chi connectivity index (χ3v) is 9.45. The predicted octanol–water partition coefficient (Wildman–Crippen LogP) is 12.8. The fourth-order valence-electron chi connectivity index (χ4n) is 7.47.